The second-order valence-electron chi connectivity index (χ2n) is 3.49. The molecule has 0 spiro atoms. The van der Waals surface area contributed by atoms with Crippen LogP contribution >= 0.6 is 23.1 Å². The van der Waals surface area contributed by atoms with Crippen molar-refractivity contribution in [3.63, 3.8) is 0 Å². The highest BCUT2D eigenvalue weighted by Gasteiger charge is 2.10. The molecule has 1 aromatic carbocycles. The number of ether oxygens (including phenoxy) is 1. The van der Waals surface area contributed by atoms with E-state index in [4.69, 9.17) is 4.74 Å². The predicted molar refractivity (Wildman–Crippen MR) is 77.3 cm³/mol. The van der Waals surface area contributed by atoms with Gasteiger partial charge in [-0.05, 0) is 30.0 Å². The van der Waals surface area contributed by atoms with Gasteiger partial charge in [0.05, 0.1) is 7.11 Å². The molecule has 100 valence electrons. The first kappa shape index (κ1) is 13.8. The first-order chi connectivity index (χ1) is 9.22. The summed E-state index contributed by atoms with van der Waals surface area (Å²) in [6.07, 6.45) is 0. The van der Waals surface area contributed by atoms with E-state index >= 15 is 0 Å². The normalized spacial score (nSPS) is 10.2. The van der Waals surface area contributed by atoms with Crippen LogP contribution in [0.5, 0.6) is 5.75 Å². The molecular formula is C12H13N3O2S2. The Kier molecular flexibility index (Phi) is 4.75. The molecular weight excluding hydrogens is 282 g/mol. The molecule has 19 heavy (non-hydrogen) atoms. The summed E-state index contributed by atoms with van der Waals surface area (Å²) in [5.74, 6) is 1.45. The average molecular weight is 295 g/mol. The Labute approximate surface area is 119 Å². The molecule has 0 fully saturated rings. The fourth-order valence-electron chi connectivity index (χ4n) is 1.35. The molecule has 0 aliphatic heterocycles. The predicted octanol–water partition coefficient (Wildman–Crippen LogP) is 2.91. The van der Waals surface area contributed by atoms with Gasteiger partial charge in [0, 0.05) is 5.56 Å². The number of amides is 1. The van der Waals surface area contributed by atoms with Gasteiger partial charge in [-0.2, -0.15) is 0 Å². The summed E-state index contributed by atoms with van der Waals surface area (Å²) in [6.45, 7) is 2.04. The highest BCUT2D eigenvalue weighted by atomic mass is 32.2. The quantitative estimate of drug-likeness (QED) is 0.678. The van der Waals surface area contributed by atoms with Crippen LogP contribution in [0.4, 0.5) is 5.13 Å². The Morgan fingerprint density at radius 3 is 2.74 bits per heavy atom. The average Bonchev–Trinajstić information content (AvgIpc) is 2.86. The molecule has 0 saturated carbocycles. The van der Waals surface area contributed by atoms with Crippen LogP contribution in [0.3, 0.4) is 0 Å². The lowest BCUT2D eigenvalue weighted by atomic mass is 10.2. The van der Waals surface area contributed by atoms with E-state index < -0.39 is 0 Å². The van der Waals surface area contributed by atoms with Crippen molar-refractivity contribution in [1.29, 1.82) is 0 Å². The molecule has 2 aromatic rings. The van der Waals surface area contributed by atoms with E-state index in [0.29, 0.717) is 16.4 Å². The number of benzene rings is 1. The zero-order valence-electron chi connectivity index (χ0n) is 10.5. The molecule has 2 rings (SSSR count). The van der Waals surface area contributed by atoms with Gasteiger partial charge in [0.25, 0.3) is 5.91 Å². The van der Waals surface area contributed by atoms with E-state index in [1.807, 2.05) is 6.92 Å². The number of rotatable bonds is 5. The number of nitrogens with zero attached hydrogens (tertiary/aromatic N) is 2. The van der Waals surface area contributed by atoms with Crippen LogP contribution < -0.4 is 10.1 Å². The Morgan fingerprint density at radius 2 is 2.11 bits per heavy atom. The third-order valence-corrected chi connectivity index (χ3v) is 4.10. The number of hydrogen-bond acceptors (Lipinski definition) is 6. The first-order valence-electron chi connectivity index (χ1n) is 5.64. The van der Waals surface area contributed by atoms with Crippen molar-refractivity contribution in [2.75, 3.05) is 18.2 Å². The fraction of sp³-hybridized carbons (Fsp3) is 0.250. The van der Waals surface area contributed by atoms with Crippen LogP contribution in [0, 0.1) is 0 Å². The molecule has 1 aromatic heterocycles. The van der Waals surface area contributed by atoms with Gasteiger partial charge < -0.3 is 4.74 Å². The van der Waals surface area contributed by atoms with E-state index in [2.05, 4.69) is 15.5 Å². The van der Waals surface area contributed by atoms with Crippen molar-refractivity contribution in [3.8, 4) is 5.75 Å². The Hall–Kier alpha value is -1.60. The van der Waals surface area contributed by atoms with E-state index in [1.54, 1.807) is 43.1 Å². The molecule has 0 atom stereocenters. The summed E-state index contributed by atoms with van der Waals surface area (Å²) in [5.41, 5.74) is 0.556. The number of hydrogen-bond donors (Lipinski definition) is 1. The molecule has 7 heteroatoms. The van der Waals surface area contributed by atoms with Crippen LogP contribution in [0.15, 0.2) is 28.6 Å². The second-order valence-corrected chi connectivity index (χ2v) is 5.98. The first-order valence-corrected chi connectivity index (χ1v) is 7.45. The van der Waals surface area contributed by atoms with Gasteiger partial charge in [0.2, 0.25) is 5.13 Å². The van der Waals surface area contributed by atoms with Crippen LogP contribution in [0.2, 0.25) is 0 Å². The van der Waals surface area contributed by atoms with Crippen molar-refractivity contribution in [2.45, 2.75) is 11.3 Å². The Bertz CT molecular complexity index is 554. The number of methoxy groups -OCH3 is 1. The maximum atomic E-state index is 12.0. The maximum Gasteiger partial charge on any atom is 0.257 e. The molecule has 0 unspecified atom stereocenters. The number of aromatic nitrogens is 2. The zero-order chi connectivity index (χ0) is 13.7. The number of thioether (sulfide) groups is 1. The van der Waals surface area contributed by atoms with E-state index in [1.165, 1.54) is 11.3 Å². The topological polar surface area (TPSA) is 64.1 Å². The van der Waals surface area contributed by atoms with Gasteiger partial charge in [0.1, 0.15) is 5.75 Å². The Balaban J connectivity index is 2.02. The number of anilines is 1. The summed E-state index contributed by atoms with van der Waals surface area (Å²) >= 11 is 2.97. The molecule has 0 aliphatic carbocycles. The van der Waals surface area contributed by atoms with Gasteiger partial charge in [-0.25, -0.2) is 0 Å². The fourth-order valence-corrected chi connectivity index (χ4v) is 3.00. The van der Waals surface area contributed by atoms with Crippen LogP contribution in [-0.2, 0) is 0 Å². The SMILES string of the molecule is CCSc1nnc(NC(=O)c2ccc(OC)cc2)s1. The number of nitrogens with one attached hydrogen (secondary N) is 1. The lowest BCUT2D eigenvalue weighted by molar-refractivity contribution is 0.102. The highest BCUT2D eigenvalue weighted by Crippen LogP contribution is 2.25. The third-order valence-electron chi connectivity index (χ3n) is 2.25. The highest BCUT2D eigenvalue weighted by molar-refractivity contribution is 8.01. The van der Waals surface area contributed by atoms with Gasteiger partial charge in [0.15, 0.2) is 4.34 Å². The number of carbonyl (C=O) groups is 1. The molecule has 0 bridgehead atoms. The minimum absolute atomic E-state index is 0.202. The van der Waals surface area contributed by atoms with Crippen molar-refractivity contribution in [3.05, 3.63) is 29.8 Å². The summed E-state index contributed by atoms with van der Waals surface area (Å²) in [4.78, 5) is 12.0. The number of carbonyl (C=O) groups excluding carboxylic acids is 1. The molecule has 1 heterocycles. The monoisotopic (exact) mass is 295 g/mol. The minimum atomic E-state index is -0.202. The van der Waals surface area contributed by atoms with Gasteiger partial charge >= 0.3 is 0 Å². The van der Waals surface area contributed by atoms with Gasteiger partial charge in [-0.3, -0.25) is 10.1 Å². The lowest BCUT2D eigenvalue weighted by Crippen LogP contribution is -2.11. The van der Waals surface area contributed by atoms with Crippen molar-refractivity contribution in [2.24, 2.45) is 0 Å². The van der Waals surface area contributed by atoms with Gasteiger partial charge in [-0.15, -0.1) is 10.2 Å². The van der Waals surface area contributed by atoms with Gasteiger partial charge in [-0.1, -0.05) is 30.0 Å². The van der Waals surface area contributed by atoms with Crippen molar-refractivity contribution < 1.29 is 9.53 Å². The standard InChI is InChI=1S/C12H13N3O2S2/c1-3-18-12-15-14-11(19-12)13-10(16)8-4-6-9(17-2)7-5-8/h4-7H,3H2,1-2H3,(H,13,14,16). The smallest absolute Gasteiger partial charge is 0.257 e. The summed E-state index contributed by atoms with van der Waals surface area (Å²) in [7, 11) is 1.59. The van der Waals surface area contributed by atoms with Crippen LogP contribution in [-0.4, -0.2) is 29.0 Å². The maximum absolute atomic E-state index is 12.0. The lowest BCUT2D eigenvalue weighted by Gasteiger charge is -2.02. The molecule has 0 saturated heterocycles. The summed E-state index contributed by atoms with van der Waals surface area (Å²) < 4.78 is 5.90. The molecule has 5 nitrogen and oxygen atoms in total. The van der Waals surface area contributed by atoms with Crippen LogP contribution in [0.1, 0.15) is 17.3 Å². The summed E-state index contributed by atoms with van der Waals surface area (Å²) in [5, 5.41) is 11.1. The zero-order valence-corrected chi connectivity index (χ0v) is 12.2. The molecule has 1 amide bonds. The molecule has 0 radical (unpaired) electrons. The van der Waals surface area contributed by atoms with Crippen molar-refractivity contribution in [1.82, 2.24) is 10.2 Å². The van der Waals surface area contributed by atoms with E-state index in [9.17, 15) is 4.79 Å². The molecule has 0 aliphatic rings. The summed E-state index contributed by atoms with van der Waals surface area (Å²) in [6, 6.07) is 6.90. The van der Waals surface area contributed by atoms with E-state index in [0.717, 1.165) is 10.1 Å². The Morgan fingerprint density at radius 1 is 1.37 bits per heavy atom. The third kappa shape index (κ3) is 3.68. The minimum Gasteiger partial charge on any atom is -0.497 e. The van der Waals surface area contributed by atoms with E-state index in [-0.39, 0.29) is 5.91 Å². The largest absolute Gasteiger partial charge is 0.497 e. The van der Waals surface area contributed by atoms with Crippen molar-refractivity contribution >= 4 is 34.1 Å². The molecule has 1 N–H and O–H groups in total. The van der Waals surface area contributed by atoms with Crippen LogP contribution in [0.25, 0.3) is 0 Å². The second kappa shape index (κ2) is 6.53.